The first-order chi connectivity index (χ1) is 10.7. The zero-order chi connectivity index (χ0) is 15.5. The third-order valence-corrected chi connectivity index (χ3v) is 5.65. The summed E-state index contributed by atoms with van der Waals surface area (Å²) in [4.78, 5) is 12.6. The third-order valence-electron chi connectivity index (χ3n) is 5.13. The van der Waals surface area contributed by atoms with Gasteiger partial charge in [0.25, 0.3) is 0 Å². The van der Waals surface area contributed by atoms with Gasteiger partial charge in [-0.2, -0.15) is 0 Å². The maximum Gasteiger partial charge on any atom is 0.176 e. The lowest BCUT2D eigenvalue weighted by Crippen LogP contribution is -2.34. The predicted molar refractivity (Wildman–Crippen MR) is 90.3 cm³/mol. The molecule has 0 amide bonds. The van der Waals surface area contributed by atoms with E-state index in [4.69, 9.17) is 16.3 Å². The Morgan fingerprint density at radius 2 is 2.00 bits per heavy atom. The molecule has 3 heteroatoms. The molecule has 2 aliphatic carbocycles. The number of rotatable bonds is 3. The van der Waals surface area contributed by atoms with Crippen LogP contribution in [0.15, 0.2) is 29.8 Å². The van der Waals surface area contributed by atoms with E-state index < -0.39 is 0 Å². The summed E-state index contributed by atoms with van der Waals surface area (Å²) in [6, 6.07) is 7.80. The standard InChI is InChI=1S/C19H23ClO2/c1-22-16-8-4-5-13(12-16)11-15-9-10-17(18(20)19(15)21)14-6-2-3-7-14/h4-5,8,11-12,14,17-18H,2-3,6-7,9-10H2,1H3. The summed E-state index contributed by atoms with van der Waals surface area (Å²) < 4.78 is 5.24. The van der Waals surface area contributed by atoms with Crippen molar-refractivity contribution < 1.29 is 9.53 Å². The largest absolute Gasteiger partial charge is 0.497 e. The first-order valence-corrected chi connectivity index (χ1v) is 8.65. The number of Topliss-reactive ketones (excluding diaryl/α,β-unsaturated/α-hetero) is 1. The Morgan fingerprint density at radius 3 is 2.73 bits per heavy atom. The number of carbonyl (C=O) groups excluding carboxylic acids is 1. The van der Waals surface area contributed by atoms with Crippen LogP contribution in [0.25, 0.3) is 6.08 Å². The van der Waals surface area contributed by atoms with Gasteiger partial charge in [-0.25, -0.2) is 0 Å². The molecule has 0 spiro atoms. The van der Waals surface area contributed by atoms with Crippen LogP contribution in [0.4, 0.5) is 0 Å². The van der Waals surface area contributed by atoms with Crippen LogP contribution in [0.3, 0.4) is 0 Å². The molecule has 2 aliphatic rings. The maximum absolute atomic E-state index is 12.6. The molecule has 118 valence electrons. The molecule has 0 aliphatic heterocycles. The number of carbonyl (C=O) groups is 1. The summed E-state index contributed by atoms with van der Waals surface area (Å²) in [5.41, 5.74) is 1.87. The van der Waals surface area contributed by atoms with Crippen molar-refractivity contribution in [1.29, 1.82) is 0 Å². The minimum Gasteiger partial charge on any atom is -0.497 e. The fourth-order valence-electron chi connectivity index (χ4n) is 3.90. The Bertz CT molecular complexity index is 573. The fraction of sp³-hybridized carbons (Fsp3) is 0.526. The predicted octanol–water partition coefficient (Wildman–Crippen LogP) is 4.86. The Labute approximate surface area is 137 Å². The van der Waals surface area contributed by atoms with Crippen molar-refractivity contribution in [3.05, 3.63) is 35.4 Å². The van der Waals surface area contributed by atoms with E-state index in [9.17, 15) is 4.79 Å². The van der Waals surface area contributed by atoms with Gasteiger partial charge < -0.3 is 4.74 Å². The van der Waals surface area contributed by atoms with Crippen LogP contribution < -0.4 is 4.74 Å². The first kappa shape index (κ1) is 15.6. The van der Waals surface area contributed by atoms with Gasteiger partial charge in [0.05, 0.1) is 12.5 Å². The van der Waals surface area contributed by atoms with E-state index in [-0.39, 0.29) is 11.2 Å². The van der Waals surface area contributed by atoms with Gasteiger partial charge >= 0.3 is 0 Å². The third kappa shape index (κ3) is 3.22. The van der Waals surface area contributed by atoms with Gasteiger partial charge in [0.2, 0.25) is 0 Å². The van der Waals surface area contributed by atoms with Crippen molar-refractivity contribution in [3.63, 3.8) is 0 Å². The number of ketones is 1. The van der Waals surface area contributed by atoms with E-state index in [2.05, 4.69) is 0 Å². The highest BCUT2D eigenvalue weighted by Gasteiger charge is 2.38. The van der Waals surface area contributed by atoms with E-state index in [0.29, 0.717) is 11.8 Å². The lowest BCUT2D eigenvalue weighted by molar-refractivity contribution is -0.117. The molecule has 2 fully saturated rings. The quantitative estimate of drug-likeness (QED) is 0.588. The second-order valence-electron chi connectivity index (χ2n) is 6.46. The lowest BCUT2D eigenvalue weighted by Gasteiger charge is -2.32. The summed E-state index contributed by atoms with van der Waals surface area (Å²) in [6.45, 7) is 0. The summed E-state index contributed by atoms with van der Waals surface area (Å²) in [5.74, 6) is 1.97. The second kappa shape index (κ2) is 6.87. The molecule has 1 aromatic carbocycles. The van der Waals surface area contributed by atoms with Gasteiger partial charge in [0.1, 0.15) is 5.75 Å². The Morgan fingerprint density at radius 1 is 1.23 bits per heavy atom. The number of hydrogen-bond acceptors (Lipinski definition) is 2. The molecule has 0 bridgehead atoms. The van der Waals surface area contributed by atoms with E-state index >= 15 is 0 Å². The second-order valence-corrected chi connectivity index (χ2v) is 6.93. The molecule has 2 saturated carbocycles. The highest BCUT2D eigenvalue weighted by atomic mass is 35.5. The van der Waals surface area contributed by atoms with Gasteiger partial charge in [-0.15, -0.1) is 11.6 Å². The molecular formula is C19H23ClO2. The molecule has 22 heavy (non-hydrogen) atoms. The van der Waals surface area contributed by atoms with Crippen LogP contribution in [-0.2, 0) is 4.79 Å². The highest BCUT2D eigenvalue weighted by Crippen LogP contribution is 2.42. The maximum atomic E-state index is 12.6. The van der Waals surface area contributed by atoms with Crippen molar-refractivity contribution >= 4 is 23.5 Å². The van der Waals surface area contributed by atoms with Crippen molar-refractivity contribution in [2.24, 2.45) is 11.8 Å². The number of alkyl halides is 1. The minimum atomic E-state index is -0.339. The molecule has 2 unspecified atom stereocenters. The van der Waals surface area contributed by atoms with Gasteiger partial charge in [0, 0.05) is 0 Å². The van der Waals surface area contributed by atoms with E-state index in [1.54, 1.807) is 7.11 Å². The Hall–Kier alpha value is -1.28. The van der Waals surface area contributed by atoms with Crippen LogP contribution in [-0.4, -0.2) is 18.3 Å². The number of methoxy groups -OCH3 is 1. The Kier molecular flexibility index (Phi) is 4.87. The van der Waals surface area contributed by atoms with Crippen molar-refractivity contribution in [1.82, 2.24) is 0 Å². The molecule has 0 N–H and O–H groups in total. The highest BCUT2D eigenvalue weighted by molar-refractivity contribution is 6.34. The minimum absolute atomic E-state index is 0.132. The van der Waals surface area contributed by atoms with Crippen molar-refractivity contribution in [2.75, 3.05) is 7.11 Å². The van der Waals surface area contributed by atoms with Gasteiger partial charge in [-0.1, -0.05) is 37.8 Å². The summed E-state index contributed by atoms with van der Waals surface area (Å²) >= 11 is 6.52. The molecule has 0 radical (unpaired) electrons. The lowest BCUT2D eigenvalue weighted by atomic mass is 9.76. The van der Waals surface area contributed by atoms with Gasteiger partial charge in [0.15, 0.2) is 5.78 Å². The smallest absolute Gasteiger partial charge is 0.176 e. The molecule has 0 heterocycles. The molecule has 0 aromatic heterocycles. The number of ether oxygens (including phenoxy) is 1. The monoisotopic (exact) mass is 318 g/mol. The van der Waals surface area contributed by atoms with Gasteiger partial charge in [-0.3, -0.25) is 4.79 Å². The molecule has 3 rings (SSSR count). The number of hydrogen-bond donors (Lipinski definition) is 0. The van der Waals surface area contributed by atoms with Crippen molar-refractivity contribution in [3.8, 4) is 5.75 Å². The summed E-state index contributed by atoms with van der Waals surface area (Å²) in [5, 5.41) is -0.339. The topological polar surface area (TPSA) is 26.3 Å². The zero-order valence-corrected chi connectivity index (χ0v) is 13.8. The van der Waals surface area contributed by atoms with Crippen LogP contribution >= 0.6 is 11.6 Å². The Balaban J connectivity index is 1.76. The van der Waals surface area contributed by atoms with E-state index in [1.165, 1.54) is 25.7 Å². The SMILES string of the molecule is COc1cccc(C=C2CCC(C3CCCC3)C(Cl)C2=O)c1. The van der Waals surface area contributed by atoms with E-state index in [0.717, 1.165) is 29.7 Å². The summed E-state index contributed by atoms with van der Waals surface area (Å²) in [6.07, 6.45) is 8.95. The van der Waals surface area contributed by atoms with Gasteiger partial charge in [-0.05, 0) is 54.0 Å². The normalized spacial score (nSPS) is 28.3. The van der Waals surface area contributed by atoms with Crippen LogP contribution in [0.1, 0.15) is 44.1 Å². The van der Waals surface area contributed by atoms with Crippen molar-refractivity contribution in [2.45, 2.75) is 43.9 Å². The average molecular weight is 319 g/mol. The number of allylic oxidation sites excluding steroid dienone is 1. The molecule has 2 atom stereocenters. The molecular weight excluding hydrogens is 296 g/mol. The zero-order valence-electron chi connectivity index (χ0n) is 13.1. The average Bonchev–Trinajstić information content (AvgIpc) is 3.06. The van der Waals surface area contributed by atoms with Crippen LogP contribution in [0.5, 0.6) is 5.75 Å². The fourth-order valence-corrected chi connectivity index (χ4v) is 4.37. The number of benzene rings is 1. The summed E-state index contributed by atoms with van der Waals surface area (Å²) in [7, 11) is 1.65. The first-order valence-electron chi connectivity index (χ1n) is 8.22. The molecule has 0 saturated heterocycles. The van der Waals surface area contributed by atoms with Crippen LogP contribution in [0, 0.1) is 11.8 Å². The number of halogens is 1. The van der Waals surface area contributed by atoms with E-state index in [1.807, 2.05) is 30.3 Å². The molecule has 2 nitrogen and oxygen atoms in total. The van der Waals surface area contributed by atoms with Crippen LogP contribution in [0.2, 0.25) is 0 Å². The molecule has 1 aromatic rings.